The predicted molar refractivity (Wildman–Crippen MR) is 138 cm³/mol. The van der Waals surface area contributed by atoms with E-state index in [1.807, 2.05) is 0 Å². The molecular weight excluding hydrogens is 418 g/mol. The molecule has 0 radical (unpaired) electrons. The van der Waals surface area contributed by atoms with Gasteiger partial charge in [-0.15, -0.1) is 0 Å². The van der Waals surface area contributed by atoms with Crippen LogP contribution in [0.25, 0.3) is 44.3 Å². The zero-order valence-electron chi connectivity index (χ0n) is 19.9. The number of rotatable bonds is 3. The number of fused-ring (bicyclic) bond motifs is 4. The summed E-state index contributed by atoms with van der Waals surface area (Å²) in [6.07, 6.45) is 3.93. The first-order valence-corrected chi connectivity index (χ1v) is 12.4. The van der Waals surface area contributed by atoms with Crippen molar-refractivity contribution in [3.63, 3.8) is 0 Å². The Bertz CT molecular complexity index is 1550. The predicted octanol–water partition coefficient (Wildman–Crippen LogP) is 6.51. The van der Waals surface area contributed by atoms with Gasteiger partial charge in [0, 0.05) is 39.6 Å². The molecule has 1 saturated heterocycles. The maximum absolute atomic E-state index is 4.93. The van der Waals surface area contributed by atoms with E-state index < -0.39 is 0 Å². The molecule has 2 bridgehead atoms. The summed E-state index contributed by atoms with van der Waals surface area (Å²) in [4.78, 5) is 16.8. The number of hydrogen-bond acceptors (Lipinski definition) is 3. The van der Waals surface area contributed by atoms with Crippen molar-refractivity contribution in [3.05, 3.63) is 71.3 Å². The molecule has 0 amide bonds. The van der Waals surface area contributed by atoms with Crippen LogP contribution < -0.4 is 5.32 Å². The number of aromatic nitrogens is 4. The van der Waals surface area contributed by atoms with Gasteiger partial charge in [0.1, 0.15) is 5.82 Å². The summed E-state index contributed by atoms with van der Waals surface area (Å²) >= 11 is 0. The fraction of sp³-hybridized carbons (Fsp3) is 0.310. The van der Waals surface area contributed by atoms with Crippen LogP contribution in [0.15, 0.2) is 48.5 Å². The quantitative estimate of drug-likeness (QED) is 0.295. The van der Waals surface area contributed by atoms with Crippen molar-refractivity contribution in [1.82, 2.24) is 25.3 Å². The number of nitrogens with one attached hydrogen (secondary N) is 3. The summed E-state index contributed by atoms with van der Waals surface area (Å²) < 4.78 is 0. The van der Waals surface area contributed by atoms with Crippen molar-refractivity contribution in [1.29, 1.82) is 0 Å². The second kappa shape index (κ2) is 7.28. The van der Waals surface area contributed by atoms with Gasteiger partial charge in [-0.3, -0.25) is 4.98 Å². The molecule has 5 nitrogen and oxygen atoms in total. The molecule has 5 aromatic rings. The number of H-pyrrole nitrogens is 2. The van der Waals surface area contributed by atoms with E-state index in [9.17, 15) is 0 Å². The molecule has 1 aliphatic heterocycles. The first kappa shape index (κ1) is 20.0. The molecule has 1 saturated carbocycles. The van der Waals surface area contributed by atoms with Crippen molar-refractivity contribution < 1.29 is 0 Å². The van der Waals surface area contributed by atoms with Crippen LogP contribution in [0.3, 0.4) is 0 Å². The molecule has 4 heterocycles. The number of imidazole rings is 1. The number of aryl methyl sites for hydroxylation is 3. The minimum atomic E-state index is 0.381. The Morgan fingerprint density at radius 2 is 1.53 bits per heavy atom. The largest absolute Gasteiger partial charge is 0.354 e. The molecular formula is C29H29N5. The van der Waals surface area contributed by atoms with Crippen LogP contribution in [0.1, 0.15) is 48.1 Å². The molecule has 0 unspecified atom stereocenters. The van der Waals surface area contributed by atoms with Crippen LogP contribution in [-0.2, 0) is 0 Å². The van der Waals surface area contributed by atoms with Crippen LogP contribution >= 0.6 is 0 Å². The van der Waals surface area contributed by atoms with Gasteiger partial charge in [-0.25, -0.2) is 4.98 Å². The Morgan fingerprint density at radius 1 is 0.765 bits per heavy atom. The van der Waals surface area contributed by atoms with Crippen molar-refractivity contribution in [2.75, 3.05) is 0 Å². The van der Waals surface area contributed by atoms with E-state index in [1.165, 1.54) is 52.6 Å². The second-order valence-corrected chi connectivity index (χ2v) is 10.3. The molecule has 34 heavy (non-hydrogen) atoms. The van der Waals surface area contributed by atoms with Crippen LogP contribution in [0.2, 0.25) is 0 Å². The van der Waals surface area contributed by atoms with Crippen molar-refractivity contribution in [2.24, 2.45) is 5.92 Å². The highest BCUT2D eigenvalue weighted by Gasteiger charge is 2.41. The Morgan fingerprint density at radius 3 is 2.26 bits per heavy atom. The normalized spacial score (nSPS) is 21.8. The molecule has 0 spiro atoms. The molecule has 1 aliphatic carbocycles. The molecule has 3 atom stereocenters. The Labute approximate surface area is 199 Å². The fourth-order valence-electron chi connectivity index (χ4n) is 6.30. The lowest BCUT2D eigenvalue weighted by atomic mass is 10.00. The summed E-state index contributed by atoms with van der Waals surface area (Å²) in [5.41, 5.74) is 11.5. The smallest absolute Gasteiger partial charge is 0.124 e. The van der Waals surface area contributed by atoms with Crippen LogP contribution in [0, 0.1) is 26.7 Å². The molecule has 3 N–H and O–H groups in total. The van der Waals surface area contributed by atoms with Crippen molar-refractivity contribution in [3.8, 4) is 22.4 Å². The van der Waals surface area contributed by atoms with Gasteiger partial charge in [0.15, 0.2) is 0 Å². The first-order chi connectivity index (χ1) is 16.5. The SMILES string of the molecule is Cc1cc(-c2[nH]c3cc(-c4ccc5nc([C@@H]6N[C@H]7CC[C@@H]6C7)[nH]c5c4)ccc3c2C)cc(C)n1. The first-order valence-electron chi connectivity index (χ1n) is 12.4. The molecule has 2 aromatic carbocycles. The summed E-state index contributed by atoms with van der Waals surface area (Å²) in [7, 11) is 0. The molecule has 7 rings (SSSR count). The number of nitrogens with zero attached hydrogens (tertiary/aromatic N) is 2. The van der Waals surface area contributed by atoms with Gasteiger partial charge in [0.25, 0.3) is 0 Å². The van der Waals surface area contributed by atoms with Crippen LogP contribution in [0.4, 0.5) is 0 Å². The van der Waals surface area contributed by atoms with Gasteiger partial charge >= 0.3 is 0 Å². The fourth-order valence-corrected chi connectivity index (χ4v) is 6.30. The highest BCUT2D eigenvalue weighted by molar-refractivity contribution is 5.94. The molecule has 2 fully saturated rings. The number of hydrogen-bond donors (Lipinski definition) is 3. The van der Waals surface area contributed by atoms with E-state index in [2.05, 4.69) is 89.6 Å². The van der Waals surface area contributed by atoms with Gasteiger partial charge < -0.3 is 15.3 Å². The standard InChI is InChI=1S/C29H29N5/c1-15-10-21(11-16(2)30-15)27-17(3)23-8-5-18(13-25(23)32-27)19-6-9-24-26(14-19)34-29(33-24)28-20-4-7-22(12-20)31-28/h5-6,8-11,13-14,20,22,28,31-32H,4,7,12H2,1-3H3,(H,33,34)/t20-,22+,28-/m1/s1. The minimum Gasteiger partial charge on any atom is -0.354 e. The van der Waals surface area contributed by atoms with E-state index in [-0.39, 0.29) is 0 Å². The third-order valence-corrected chi connectivity index (χ3v) is 7.92. The lowest BCUT2D eigenvalue weighted by Crippen LogP contribution is -2.29. The van der Waals surface area contributed by atoms with Gasteiger partial charge in [-0.05, 0) is 93.0 Å². The number of aromatic amines is 2. The zero-order valence-corrected chi connectivity index (χ0v) is 19.9. The monoisotopic (exact) mass is 447 g/mol. The molecule has 3 aromatic heterocycles. The van der Waals surface area contributed by atoms with E-state index in [1.54, 1.807) is 0 Å². The Hall–Kier alpha value is -3.44. The highest BCUT2D eigenvalue weighted by Crippen LogP contribution is 2.42. The Kier molecular flexibility index (Phi) is 4.28. The minimum absolute atomic E-state index is 0.381. The lowest BCUT2D eigenvalue weighted by Gasteiger charge is -2.20. The maximum atomic E-state index is 4.93. The summed E-state index contributed by atoms with van der Waals surface area (Å²) in [6.45, 7) is 6.30. The molecule has 5 heteroatoms. The molecule has 170 valence electrons. The van der Waals surface area contributed by atoms with Gasteiger partial charge in [0.05, 0.1) is 17.1 Å². The number of benzene rings is 2. The number of pyridine rings is 1. The van der Waals surface area contributed by atoms with Crippen LogP contribution in [0.5, 0.6) is 0 Å². The highest BCUT2D eigenvalue weighted by atomic mass is 15.1. The topological polar surface area (TPSA) is 69.4 Å². The van der Waals surface area contributed by atoms with E-state index in [0.29, 0.717) is 12.1 Å². The Balaban J connectivity index is 1.26. The zero-order chi connectivity index (χ0) is 23.0. The number of piperidine rings is 1. The van der Waals surface area contributed by atoms with Gasteiger partial charge in [-0.2, -0.15) is 0 Å². The van der Waals surface area contributed by atoms with Gasteiger partial charge in [-0.1, -0.05) is 18.2 Å². The summed E-state index contributed by atoms with van der Waals surface area (Å²) in [5.74, 6) is 1.83. The lowest BCUT2D eigenvalue weighted by molar-refractivity contribution is 0.380. The molecule has 2 aliphatic rings. The maximum Gasteiger partial charge on any atom is 0.124 e. The third-order valence-electron chi connectivity index (χ3n) is 7.92. The van der Waals surface area contributed by atoms with Crippen LogP contribution in [-0.4, -0.2) is 26.0 Å². The van der Waals surface area contributed by atoms with E-state index >= 15 is 0 Å². The second-order valence-electron chi connectivity index (χ2n) is 10.3. The van der Waals surface area contributed by atoms with Crippen molar-refractivity contribution in [2.45, 2.75) is 52.1 Å². The van der Waals surface area contributed by atoms with Gasteiger partial charge in [0.2, 0.25) is 0 Å². The van der Waals surface area contributed by atoms with E-state index in [4.69, 9.17) is 4.98 Å². The summed E-state index contributed by atoms with van der Waals surface area (Å²) in [5, 5.41) is 5.02. The van der Waals surface area contributed by atoms with E-state index in [0.717, 1.165) is 39.7 Å². The van der Waals surface area contributed by atoms with Crippen molar-refractivity contribution >= 4 is 21.9 Å². The summed E-state index contributed by atoms with van der Waals surface area (Å²) in [6, 6.07) is 18.7. The average Bonchev–Trinajstić information content (AvgIpc) is 3.60. The average molecular weight is 448 g/mol. The third kappa shape index (κ3) is 3.11.